The molecule has 2 aliphatic heterocycles. The smallest absolute Gasteiger partial charge is 0.335 e. The Balaban J connectivity index is 1.12. The van der Waals surface area contributed by atoms with Crippen LogP contribution >= 0.6 is 0 Å². The van der Waals surface area contributed by atoms with Crippen LogP contribution in [-0.4, -0.2) is 48.3 Å². The number of para-hydroxylation sites is 2. The van der Waals surface area contributed by atoms with Crippen LogP contribution in [0.1, 0.15) is 10.4 Å². The van der Waals surface area contributed by atoms with Gasteiger partial charge in [-0.05, 0) is 87.2 Å². The SMILES string of the molecule is O=COc1ccc(-c2ccc3c4c2c2ccccc2n4-c2cc(-c4nc(-c5ccccc5)nc(-c5ccccc5)n4)cc4c2B3c2ccc(-c3ccc(C(=O)O)cc3)c3c5ccccc5n-4c23)cc1. The van der Waals surface area contributed by atoms with Crippen molar-refractivity contribution in [3.05, 3.63) is 200 Å². The fraction of sp³-hybridized carbons (Fsp3) is 0. The first-order chi connectivity index (χ1) is 34.0. The molecular weight excluding hydrogens is 853 g/mol. The zero-order valence-corrected chi connectivity index (χ0v) is 36.5. The quantitative estimate of drug-likeness (QED) is 0.119. The van der Waals surface area contributed by atoms with Crippen LogP contribution in [0.15, 0.2) is 194 Å². The molecule has 1 N–H and O–H groups in total. The number of aromatic nitrogens is 5. The molecule has 10 heteroatoms. The minimum absolute atomic E-state index is 0.179. The number of carbonyl (C=O) groups excluding carboxylic acids is 1. The minimum Gasteiger partial charge on any atom is -0.478 e. The van der Waals surface area contributed by atoms with Crippen LogP contribution in [0.5, 0.6) is 5.75 Å². The number of rotatable bonds is 8. The van der Waals surface area contributed by atoms with Crippen molar-refractivity contribution in [2.75, 3.05) is 0 Å². The Morgan fingerprint density at radius 3 is 1.42 bits per heavy atom. The highest BCUT2D eigenvalue weighted by Gasteiger charge is 2.42. The van der Waals surface area contributed by atoms with Crippen LogP contribution in [0.3, 0.4) is 0 Å². The van der Waals surface area contributed by atoms with Gasteiger partial charge in [0.1, 0.15) is 5.75 Å². The lowest BCUT2D eigenvalue weighted by atomic mass is 9.34. The monoisotopic (exact) mass is 887 g/mol. The molecule has 0 atom stereocenters. The van der Waals surface area contributed by atoms with Gasteiger partial charge in [-0.3, -0.25) is 4.79 Å². The Kier molecular flexibility index (Phi) is 8.33. The van der Waals surface area contributed by atoms with Crippen LogP contribution in [0, 0.1) is 0 Å². The van der Waals surface area contributed by atoms with E-state index in [1.165, 1.54) is 16.4 Å². The molecule has 0 radical (unpaired) electrons. The molecule has 0 aliphatic carbocycles. The van der Waals surface area contributed by atoms with Crippen LogP contribution in [0.2, 0.25) is 0 Å². The second kappa shape index (κ2) is 14.8. The molecule has 0 saturated carbocycles. The Labute approximate surface area is 394 Å². The number of carboxylic acid groups (broad SMARTS) is 1. The molecule has 0 unspecified atom stereocenters. The summed E-state index contributed by atoms with van der Waals surface area (Å²) in [7, 11) is 0. The van der Waals surface area contributed by atoms with Crippen molar-refractivity contribution in [3.63, 3.8) is 0 Å². The first-order valence-corrected chi connectivity index (χ1v) is 22.7. The molecule has 0 fully saturated rings. The average molecular weight is 888 g/mol. The Hall–Kier alpha value is -9.41. The van der Waals surface area contributed by atoms with Gasteiger partial charge in [-0.1, -0.05) is 146 Å². The van der Waals surface area contributed by atoms with Crippen molar-refractivity contribution in [1.29, 1.82) is 0 Å². The molecule has 5 heterocycles. The minimum atomic E-state index is -0.961. The number of fused-ring (bicyclic) bond motifs is 10. The summed E-state index contributed by atoms with van der Waals surface area (Å²) in [6.07, 6.45) is 0. The highest BCUT2D eigenvalue weighted by molar-refractivity contribution is 7.00. The Morgan fingerprint density at radius 1 is 0.493 bits per heavy atom. The van der Waals surface area contributed by atoms with Gasteiger partial charge >= 0.3 is 5.97 Å². The lowest BCUT2D eigenvalue weighted by Crippen LogP contribution is -2.59. The summed E-state index contributed by atoms with van der Waals surface area (Å²) in [4.78, 5) is 38.9. The molecule has 0 spiro atoms. The third kappa shape index (κ3) is 5.69. The number of aromatic carboxylic acids is 1. The number of hydrogen-bond donors (Lipinski definition) is 1. The third-order valence-electron chi connectivity index (χ3n) is 14.0. The summed E-state index contributed by atoms with van der Waals surface area (Å²) in [5, 5.41) is 14.3. The van der Waals surface area contributed by atoms with Crippen molar-refractivity contribution < 1.29 is 19.4 Å². The zero-order chi connectivity index (χ0) is 45.9. The Morgan fingerprint density at radius 2 is 0.942 bits per heavy atom. The van der Waals surface area contributed by atoms with E-state index < -0.39 is 5.97 Å². The molecular formula is C59H34BN5O4. The molecule has 0 saturated heterocycles. The Bertz CT molecular complexity index is 4090. The standard InChI is InChI=1S/C59H34BN5O4/c66-33-69-40-25-23-35(24-26-40)42-28-30-46-55-52(42)44-16-8-10-18-48(44)65(55)50-32-39(58-62-56(36-11-3-1-4-12-36)61-57(63-58)37-13-5-2-6-14-37)31-49-53(50)60(46)45-29-27-41(34-19-21-38(22-20-34)59(67)68)51-43-15-7-9-17-47(43)64(49)54(45)51/h1-33H,(H,67,68). The van der Waals surface area contributed by atoms with Gasteiger partial charge in [0.25, 0.3) is 13.2 Å². The molecule has 9 aromatic carbocycles. The van der Waals surface area contributed by atoms with E-state index in [1.807, 2.05) is 97.1 Å². The first kappa shape index (κ1) is 38.8. The van der Waals surface area contributed by atoms with Gasteiger partial charge in [0.05, 0.1) is 16.6 Å². The third-order valence-corrected chi connectivity index (χ3v) is 14.0. The second-order valence-corrected chi connectivity index (χ2v) is 17.6. The van der Waals surface area contributed by atoms with Gasteiger partial charge in [-0.2, -0.15) is 0 Å². The topological polar surface area (TPSA) is 112 Å². The second-order valence-electron chi connectivity index (χ2n) is 17.6. The van der Waals surface area contributed by atoms with E-state index in [2.05, 4.69) is 94.1 Å². The maximum atomic E-state index is 12.0. The average Bonchev–Trinajstić information content (AvgIpc) is 3.94. The molecule has 9 nitrogen and oxygen atoms in total. The van der Waals surface area contributed by atoms with Crippen LogP contribution < -0.4 is 21.1 Å². The van der Waals surface area contributed by atoms with Gasteiger partial charge in [0.2, 0.25) is 0 Å². The summed E-state index contributed by atoms with van der Waals surface area (Å²) < 4.78 is 10.1. The predicted molar refractivity (Wildman–Crippen MR) is 274 cm³/mol. The first-order valence-electron chi connectivity index (χ1n) is 22.7. The van der Waals surface area contributed by atoms with Crippen molar-refractivity contribution in [3.8, 4) is 73.5 Å². The lowest BCUT2D eigenvalue weighted by Gasteiger charge is -2.34. The maximum Gasteiger partial charge on any atom is 0.335 e. The lowest BCUT2D eigenvalue weighted by molar-refractivity contribution is -0.120. The number of ether oxygens (including phenoxy) is 1. The number of benzene rings is 9. The van der Waals surface area contributed by atoms with E-state index in [1.54, 1.807) is 12.1 Å². The van der Waals surface area contributed by atoms with E-state index in [0.29, 0.717) is 29.7 Å². The molecule has 69 heavy (non-hydrogen) atoms. The fourth-order valence-electron chi connectivity index (χ4n) is 11.1. The molecule has 12 aromatic rings. The van der Waals surface area contributed by atoms with Crippen LogP contribution in [0.25, 0.3) is 111 Å². The van der Waals surface area contributed by atoms with E-state index in [-0.39, 0.29) is 12.3 Å². The number of hydrogen-bond acceptors (Lipinski definition) is 6. The van der Waals surface area contributed by atoms with Crippen molar-refractivity contribution in [2.24, 2.45) is 0 Å². The molecule has 0 bridgehead atoms. The summed E-state index contributed by atoms with van der Waals surface area (Å²) in [5.74, 6) is 1.22. The summed E-state index contributed by atoms with van der Waals surface area (Å²) in [5.41, 5.74) is 16.8. The van der Waals surface area contributed by atoms with Crippen molar-refractivity contribution in [1.82, 2.24) is 24.1 Å². The summed E-state index contributed by atoms with van der Waals surface area (Å²) in [6, 6.07) is 65.7. The number of carboxylic acids is 1. The summed E-state index contributed by atoms with van der Waals surface area (Å²) in [6.45, 7) is 0.271. The molecule has 3 aromatic heterocycles. The van der Waals surface area contributed by atoms with Gasteiger partial charge in [0.15, 0.2) is 17.5 Å². The van der Waals surface area contributed by atoms with E-state index in [4.69, 9.17) is 19.7 Å². The maximum absolute atomic E-state index is 12.0. The van der Waals surface area contributed by atoms with Crippen molar-refractivity contribution >= 4 is 79.2 Å². The predicted octanol–water partition coefficient (Wildman–Crippen LogP) is 10.8. The molecule has 322 valence electrons. The highest BCUT2D eigenvalue weighted by atomic mass is 16.5. The fourth-order valence-corrected chi connectivity index (χ4v) is 11.1. The van der Waals surface area contributed by atoms with Gasteiger partial charge in [0, 0.05) is 60.6 Å². The molecule has 2 aliphatic rings. The molecule has 14 rings (SSSR count). The van der Waals surface area contributed by atoms with Gasteiger partial charge < -0.3 is 19.0 Å². The van der Waals surface area contributed by atoms with E-state index in [0.717, 1.165) is 93.9 Å². The summed E-state index contributed by atoms with van der Waals surface area (Å²) >= 11 is 0. The van der Waals surface area contributed by atoms with Crippen LogP contribution in [-0.2, 0) is 4.79 Å². The van der Waals surface area contributed by atoms with E-state index in [9.17, 15) is 14.7 Å². The highest BCUT2D eigenvalue weighted by Crippen LogP contribution is 2.45. The number of nitrogens with zero attached hydrogens (tertiary/aromatic N) is 5. The van der Waals surface area contributed by atoms with Crippen molar-refractivity contribution in [2.45, 2.75) is 0 Å². The van der Waals surface area contributed by atoms with Crippen LogP contribution in [0.4, 0.5) is 0 Å². The largest absolute Gasteiger partial charge is 0.478 e. The van der Waals surface area contributed by atoms with Gasteiger partial charge in [-0.15, -0.1) is 0 Å². The zero-order valence-electron chi connectivity index (χ0n) is 36.5. The number of carbonyl (C=O) groups is 2. The molecule has 0 amide bonds. The van der Waals surface area contributed by atoms with Gasteiger partial charge in [-0.25, -0.2) is 19.7 Å². The van der Waals surface area contributed by atoms with E-state index >= 15 is 0 Å². The normalized spacial score (nSPS) is 12.2.